The lowest BCUT2D eigenvalue weighted by atomic mass is 10.0. The first-order valence-electron chi connectivity index (χ1n) is 11.5. The molecule has 1 N–H and O–H groups in total. The third-order valence-corrected chi connectivity index (χ3v) is 5.94. The summed E-state index contributed by atoms with van der Waals surface area (Å²) < 4.78 is 17.8. The summed E-state index contributed by atoms with van der Waals surface area (Å²) in [6.45, 7) is 4.91. The smallest absolute Gasteiger partial charge is 0.307 e. The largest absolute Gasteiger partial charge is 0.493 e. The van der Waals surface area contributed by atoms with E-state index in [1.165, 1.54) is 0 Å². The fourth-order valence-electron chi connectivity index (χ4n) is 3.97. The van der Waals surface area contributed by atoms with Crippen LogP contribution in [0.5, 0.6) is 11.5 Å². The standard InChI is InChI=1S/C29H27ClO5/c1-2-8-23-26(14-12-22-24(19-35-29(22)23)21-9-4-3-5-10-21)33-15-6-7-16-34-27-13-11-20(17-25(27)30)18-28(31)32/h2-5,9-14,17,19H,1,6-8,15-16,18H2,(H,31,32). The highest BCUT2D eigenvalue weighted by Crippen LogP contribution is 2.36. The molecule has 0 saturated carbocycles. The van der Waals surface area contributed by atoms with Gasteiger partial charge in [0, 0.05) is 16.5 Å². The summed E-state index contributed by atoms with van der Waals surface area (Å²) in [4.78, 5) is 10.8. The number of fused-ring (bicyclic) bond motifs is 1. The number of ether oxygens (including phenoxy) is 2. The van der Waals surface area contributed by atoms with Gasteiger partial charge >= 0.3 is 5.97 Å². The molecule has 0 aliphatic carbocycles. The van der Waals surface area contributed by atoms with Crippen LogP contribution in [0.25, 0.3) is 22.1 Å². The van der Waals surface area contributed by atoms with Crippen LogP contribution in [0.1, 0.15) is 24.0 Å². The van der Waals surface area contributed by atoms with Crippen LogP contribution in [-0.4, -0.2) is 24.3 Å². The molecule has 4 rings (SSSR count). The van der Waals surface area contributed by atoms with Crippen LogP contribution in [0, 0.1) is 0 Å². The van der Waals surface area contributed by atoms with Gasteiger partial charge in [0.25, 0.3) is 0 Å². The predicted molar refractivity (Wildman–Crippen MR) is 139 cm³/mol. The zero-order chi connectivity index (χ0) is 24.6. The zero-order valence-corrected chi connectivity index (χ0v) is 20.1. The first kappa shape index (κ1) is 24.4. The van der Waals surface area contributed by atoms with Crippen molar-refractivity contribution in [2.75, 3.05) is 13.2 Å². The molecule has 0 saturated heterocycles. The normalized spacial score (nSPS) is 10.9. The van der Waals surface area contributed by atoms with Crippen molar-refractivity contribution in [2.45, 2.75) is 25.7 Å². The molecule has 180 valence electrons. The van der Waals surface area contributed by atoms with Crippen LogP contribution < -0.4 is 9.47 Å². The van der Waals surface area contributed by atoms with Gasteiger partial charge in [-0.2, -0.15) is 0 Å². The van der Waals surface area contributed by atoms with E-state index in [1.807, 2.05) is 36.4 Å². The van der Waals surface area contributed by atoms with Gasteiger partial charge in [0.1, 0.15) is 17.1 Å². The fraction of sp³-hybridized carbons (Fsp3) is 0.207. The number of hydrogen-bond donors (Lipinski definition) is 1. The molecule has 1 aromatic heterocycles. The number of allylic oxidation sites excluding steroid dienone is 1. The van der Waals surface area contributed by atoms with Crippen molar-refractivity contribution in [1.29, 1.82) is 0 Å². The first-order chi connectivity index (χ1) is 17.1. The SMILES string of the molecule is C=CCc1c(OCCCCOc2ccc(CC(=O)O)cc2Cl)ccc2c(-c3ccccc3)coc12. The Morgan fingerprint density at radius 2 is 1.71 bits per heavy atom. The number of hydrogen-bond acceptors (Lipinski definition) is 4. The van der Waals surface area contributed by atoms with Gasteiger partial charge in [0.2, 0.25) is 0 Å². The number of carbonyl (C=O) groups is 1. The minimum Gasteiger partial charge on any atom is -0.493 e. The van der Waals surface area contributed by atoms with Gasteiger partial charge in [-0.1, -0.05) is 54.1 Å². The lowest BCUT2D eigenvalue weighted by molar-refractivity contribution is -0.136. The van der Waals surface area contributed by atoms with Gasteiger partial charge in [0.05, 0.1) is 30.9 Å². The van der Waals surface area contributed by atoms with Crippen molar-refractivity contribution in [3.63, 3.8) is 0 Å². The van der Waals surface area contributed by atoms with Gasteiger partial charge in [-0.15, -0.1) is 6.58 Å². The fourth-order valence-corrected chi connectivity index (χ4v) is 4.22. The molecular formula is C29H27ClO5. The molecule has 5 nitrogen and oxygen atoms in total. The number of benzene rings is 3. The maximum atomic E-state index is 10.8. The Morgan fingerprint density at radius 3 is 2.40 bits per heavy atom. The van der Waals surface area contributed by atoms with E-state index in [2.05, 4.69) is 18.7 Å². The Kier molecular flexibility index (Phi) is 8.11. The average molecular weight is 491 g/mol. The van der Waals surface area contributed by atoms with Crippen molar-refractivity contribution in [3.05, 3.63) is 95.7 Å². The number of halogens is 1. The molecule has 0 unspecified atom stereocenters. The Bertz CT molecular complexity index is 1310. The number of aliphatic carboxylic acids is 1. The Hall–Kier alpha value is -3.70. The van der Waals surface area contributed by atoms with Crippen LogP contribution in [0.2, 0.25) is 5.02 Å². The minimum atomic E-state index is -0.895. The molecule has 6 heteroatoms. The molecule has 35 heavy (non-hydrogen) atoms. The third kappa shape index (κ3) is 6.06. The van der Waals surface area contributed by atoms with Crippen LogP contribution in [0.3, 0.4) is 0 Å². The van der Waals surface area contributed by atoms with Gasteiger partial charge in [-0.25, -0.2) is 0 Å². The molecule has 0 bridgehead atoms. The molecule has 0 aliphatic heterocycles. The highest BCUT2D eigenvalue weighted by atomic mass is 35.5. The summed E-state index contributed by atoms with van der Waals surface area (Å²) in [5.41, 5.74) is 4.63. The molecule has 0 aliphatic rings. The van der Waals surface area contributed by atoms with Crippen LogP contribution in [-0.2, 0) is 17.6 Å². The quantitative estimate of drug-likeness (QED) is 0.166. The maximum absolute atomic E-state index is 10.8. The van der Waals surface area contributed by atoms with E-state index in [-0.39, 0.29) is 6.42 Å². The number of unbranched alkanes of at least 4 members (excludes halogenated alkanes) is 1. The van der Waals surface area contributed by atoms with E-state index in [4.69, 9.17) is 30.6 Å². The third-order valence-electron chi connectivity index (χ3n) is 5.64. The van der Waals surface area contributed by atoms with Crippen molar-refractivity contribution in [1.82, 2.24) is 0 Å². The van der Waals surface area contributed by atoms with Crippen molar-refractivity contribution >= 4 is 28.5 Å². The second-order valence-electron chi connectivity index (χ2n) is 8.17. The average Bonchev–Trinajstić information content (AvgIpc) is 3.28. The summed E-state index contributed by atoms with van der Waals surface area (Å²) in [6, 6.07) is 19.3. The second kappa shape index (κ2) is 11.6. The highest BCUT2D eigenvalue weighted by molar-refractivity contribution is 6.32. The van der Waals surface area contributed by atoms with E-state index in [0.717, 1.165) is 46.3 Å². The Morgan fingerprint density at radius 1 is 1.00 bits per heavy atom. The summed E-state index contributed by atoms with van der Waals surface area (Å²) in [5, 5.41) is 10.4. The molecular weight excluding hydrogens is 464 g/mol. The molecule has 3 aromatic carbocycles. The topological polar surface area (TPSA) is 68.9 Å². The molecule has 0 fully saturated rings. The number of rotatable bonds is 12. The molecule has 0 radical (unpaired) electrons. The molecule has 0 amide bonds. The highest BCUT2D eigenvalue weighted by Gasteiger charge is 2.15. The molecule has 1 heterocycles. The predicted octanol–water partition coefficient (Wildman–Crippen LogP) is 7.35. The maximum Gasteiger partial charge on any atom is 0.307 e. The van der Waals surface area contributed by atoms with E-state index < -0.39 is 5.97 Å². The van der Waals surface area contributed by atoms with Gasteiger partial charge < -0.3 is 19.0 Å². The number of carboxylic acid groups (broad SMARTS) is 1. The summed E-state index contributed by atoms with van der Waals surface area (Å²) in [7, 11) is 0. The zero-order valence-electron chi connectivity index (χ0n) is 19.3. The summed E-state index contributed by atoms with van der Waals surface area (Å²) >= 11 is 6.21. The second-order valence-corrected chi connectivity index (χ2v) is 8.57. The van der Waals surface area contributed by atoms with E-state index in [1.54, 1.807) is 24.5 Å². The lowest BCUT2D eigenvalue weighted by Gasteiger charge is -2.12. The van der Waals surface area contributed by atoms with Gasteiger partial charge in [-0.3, -0.25) is 4.79 Å². The molecule has 0 atom stereocenters. The van der Waals surface area contributed by atoms with Crippen molar-refractivity contribution in [3.8, 4) is 22.6 Å². The number of furan rings is 1. The van der Waals surface area contributed by atoms with E-state index >= 15 is 0 Å². The Labute approximate surface area is 209 Å². The van der Waals surface area contributed by atoms with Crippen LogP contribution >= 0.6 is 11.6 Å². The van der Waals surface area contributed by atoms with Crippen LogP contribution in [0.15, 0.2) is 84.0 Å². The van der Waals surface area contributed by atoms with Crippen molar-refractivity contribution in [2.24, 2.45) is 0 Å². The van der Waals surface area contributed by atoms with E-state index in [9.17, 15) is 4.79 Å². The lowest BCUT2D eigenvalue weighted by Crippen LogP contribution is -2.04. The summed E-state index contributed by atoms with van der Waals surface area (Å²) in [6.07, 6.45) is 5.81. The molecule has 0 spiro atoms. The monoisotopic (exact) mass is 490 g/mol. The van der Waals surface area contributed by atoms with Crippen molar-refractivity contribution < 1.29 is 23.8 Å². The van der Waals surface area contributed by atoms with E-state index in [0.29, 0.717) is 36.0 Å². The minimum absolute atomic E-state index is 0.0669. The van der Waals surface area contributed by atoms with Gasteiger partial charge in [-0.05, 0) is 54.7 Å². The summed E-state index contributed by atoms with van der Waals surface area (Å²) in [5.74, 6) is 0.450. The van der Waals surface area contributed by atoms with Crippen LogP contribution in [0.4, 0.5) is 0 Å². The first-order valence-corrected chi connectivity index (χ1v) is 11.9. The number of carboxylic acids is 1. The molecule has 4 aromatic rings. The Balaban J connectivity index is 1.33. The van der Waals surface area contributed by atoms with Gasteiger partial charge in [0.15, 0.2) is 0 Å².